The van der Waals surface area contributed by atoms with E-state index in [1.54, 1.807) is 12.1 Å². The molecule has 2 saturated heterocycles. The molecule has 7 nitrogen and oxygen atoms in total. The largest absolute Gasteiger partial charge is 0.444 e. The third kappa shape index (κ3) is 6.36. The Morgan fingerprint density at radius 1 is 1.00 bits per heavy atom. The lowest BCUT2D eigenvalue weighted by atomic mass is 9.97. The summed E-state index contributed by atoms with van der Waals surface area (Å²) in [5.41, 5.74) is 6.51. The van der Waals surface area contributed by atoms with Crippen molar-refractivity contribution in [2.45, 2.75) is 58.2 Å². The van der Waals surface area contributed by atoms with E-state index in [-0.39, 0.29) is 12.2 Å². The molecule has 1 aromatic carbocycles. The van der Waals surface area contributed by atoms with E-state index in [4.69, 9.17) is 15.2 Å². The maximum atomic E-state index is 12.2. The molecule has 0 aromatic heterocycles. The first-order valence-electron chi connectivity index (χ1n) is 11.0. The van der Waals surface area contributed by atoms with Crippen LogP contribution in [0.1, 0.15) is 56.8 Å². The summed E-state index contributed by atoms with van der Waals surface area (Å²) in [5, 5.41) is 0. The van der Waals surface area contributed by atoms with Crippen molar-refractivity contribution in [1.82, 2.24) is 4.90 Å². The van der Waals surface area contributed by atoms with E-state index in [0.717, 1.165) is 64.2 Å². The molecule has 166 valence electrons. The highest BCUT2D eigenvalue weighted by Crippen LogP contribution is 2.24. The van der Waals surface area contributed by atoms with Gasteiger partial charge < -0.3 is 25.0 Å². The van der Waals surface area contributed by atoms with E-state index in [1.807, 2.05) is 37.8 Å². The molecule has 2 aliphatic heterocycles. The number of amides is 2. The molecule has 2 fully saturated rings. The predicted octanol–water partition coefficient (Wildman–Crippen LogP) is 3.42. The van der Waals surface area contributed by atoms with Crippen LogP contribution in [-0.2, 0) is 9.47 Å². The molecular weight excluding hydrogens is 382 g/mol. The number of piperidine rings is 2. The summed E-state index contributed by atoms with van der Waals surface area (Å²) in [6, 6.07) is 7.48. The van der Waals surface area contributed by atoms with Crippen LogP contribution in [0.2, 0.25) is 0 Å². The van der Waals surface area contributed by atoms with Gasteiger partial charge in [-0.2, -0.15) is 0 Å². The quantitative estimate of drug-likeness (QED) is 0.793. The standard InChI is InChI=1S/C23H35N3O4/c1-23(2,3)30-22(28)26-12-8-17(9-13-26)16-29-20-10-14-25(15-11-20)19-6-4-18(5-7-19)21(24)27/h4-7,17,20H,8-16H2,1-3H3,(H2,24,27). The fourth-order valence-electron chi connectivity index (χ4n) is 4.00. The molecule has 0 atom stereocenters. The van der Waals surface area contributed by atoms with Crippen LogP contribution in [0, 0.1) is 5.92 Å². The fourth-order valence-corrected chi connectivity index (χ4v) is 4.00. The highest BCUT2D eigenvalue weighted by molar-refractivity contribution is 5.93. The first kappa shape index (κ1) is 22.4. The van der Waals surface area contributed by atoms with E-state index < -0.39 is 11.5 Å². The van der Waals surface area contributed by atoms with Crippen LogP contribution >= 0.6 is 0 Å². The number of ether oxygens (including phenoxy) is 2. The smallest absolute Gasteiger partial charge is 0.410 e. The van der Waals surface area contributed by atoms with E-state index in [0.29, 0.717) is 11.5 Å². The minimum Gasteiger partial charge on any atom is -0.444 e. The summed E-state index contributed by atoms with van der Waals surface area (Å²) >= 11 is 0. The number of benzene rings is 1. The van der Waals surface area contributed by atoms with E-state index in [2.05, 4.69) is 4.90 Å². The average Bonchev–Trinajstić information content (AvgIpc) is 2.72. The summed E-state index contributed by atoms with van der Waals surface area (Å²) in [6.07, 6.45) is 3.99. The van der Waals surface area contributed by atoms with E-state index >= 15 is 0 Å². The van der Waals surface area contributed by atoms with Crippen molar-refractivity contribution in [3.8, 4) is 0 Å². The highest BCUT2D eigenvalue weighted by Gasteiger charge is 2.28. The van der Waals surface area contributed by atoms with Crippen molar-refractivity contribution in [2.24, 2.45) is 11.7 Å². The zero-order valence-electron chi connectivity index (χ0n) is 18.4. The molecular formula is C23H35N3O4. The van der Waals surface area contributed by atoms with Crippen LogP contribution in [-0.4, -0.2) is 61.4 Å². The third-order valence-electron chi connectivity index (χ3n) is 5.79. The highest BCUT2D eigenvalue weighted by atomic mass is 16.6. The van der Waals surface area contributed by atoms with Gasteiger partial charge in [0.1, 0.15) is 5.60 Å². The fraction of sp³-hybridized carbons (Fsp3) is 0.652. The Morgan fingerprint density at radius 2 is 1.60 bits per heavy atom. The van der Waals surface area contributed by atoms with Crippen LogP contribution in [0.3, 0.4) is 0 Å². The van der Waals surface area contributed by atoms with Crippen LogP contribution in [0.25, 0.3) is 0 Å². The van der Waals surface area contributed by atoms with Crippen molar-refractivity contribution in [2.75, 3.05) is 37.7 Å². The molecule has 0 radical (unpaired) electrons. The Labute approximate surface area is 179 Å². The second-order valence-corrected chi connectivity index (χ2v) is 9.34. The number of nitrogens with zero attached hydrogens (tertiary/aromatic N) is 2. The molecule has 2 N–H and O–H groups in total. The number of carbonyl (C=O) groups is 2. The minimum atomic E-state index is -0.449. The molecule has 2 heterocycles. The third-order valence-corrected chi connectivity index (χ3v) is 5.79. The van der Waals surface area contributed by atoms with E-state index in [9.17, 15) is 9.59 Å². The van der Waals surface area contributed by atoms with Crippen molar-refractivity contribution in [3.05, 3.63) is 29.8 Å². The number of likely N-dealkylation sites (tertiary alicyclic amines) is 1. The lowest BCUT2D eigenvalue weighted by molar-refractivity contribution is -0.00836. The summed E-state index contributed by atoms with van der Waals surface area (Å²) < 4.78 is 11.7. The first-order valence-corrected chi connectivity index (χ1v) is 11.0. The van der Waals surface area contributed by atoms with E-state index in [1.165, 1.54) is 0 Å². The molecule has 2 amide bonds. The maximum absolute atomic E-state index is 12.2. The van der Waals surface area contributed by atoms with Crippen LogP contribution in [0.15, 0.2) is 24.3 Å². The lowest BCUT2D eigenvalue weighted by Gasteiger charge is -2.36. The van der Waals surface area contributed by atoms with Gasteiger partial charge in [0.05, 0.1) is 6.10 Å². The number of primary amides is 1. The zero-order chi connectivity index (χ0) is 21.7. The number of hydrogen-bond donors (Lipinski definition) is 1. The second-order valence-electron chi connectivity index (χ2n) is 9.34. The first-order chi connectivity index (χ1) is 14.2. The van der Waals surface area contributed by atoms with Gasteiger partial charge in [-0.25, -0.2) is 4.79 Å². The number of anilines is 1. The summed E-state index contributed by atoms with van der Waals surface area (Å²) in [6.45, 7) is 9.81. The van der Waals surface area contributed by atoms with Gasteiger partial charge in [-0.3, -0.25) is 4.79 Å². The van der Waals surface area contributed by atoms with Crippen LogP contribution < -0.4 is 10.6 Å². The van der Waals surface area contributed by atoms with Gasteiger partial charge in [-0.1, -0.05) is 0 Å². The minimum absolute atomic E-state index is 0.210. The molecule has 2 aliphatic rings. The van der Waals surface area contributed by atoms with Gasteiger partial charge in [-0.15, -0.1) is 0 Å². The topological polar surface area (TPSA) is 85.1 Å². The number of carbonyl (C=O) groups excluding carboxylic acids is 2. The van der Waals surface area contributed by atoms with Gasteiger partial charge in [-0.05, 0) is 76.6 Å². The van der Waals surface area contributed by atoms with Gasteiger partial charge in [0.2, 0.25) is 5.91 Å². The predicted molar refractivity (Wildman–Crippen MR) is 117 cm³/mol. The summed E-state index contributed by atoms with van der Waals surface area (Å²) in [4.78, 5) is 27.5. The summed E-state index contributed by atoms with van der Waals surface area (Å²) in [7, 11) is 0. The van der Waals surface area contributed by atoms with Crippen molar-refractivity contribution >= 4 is 17.7 Å². The summed E-state index contributed by atoms with van der Waals surface area (Å²) in [5.74, 6) is 0.105. The Kier molecular flexibility index (Phi) is 7.23. The Balaban J connectivity index is 1.35. The normalized spacial score (nSPS) is 19.0. The van der Waals surface area contributed by atoms with Gasteiger partial charge in [0.15, 0.2) is 0 Å². The molecule has 3 rings (SSSR count). The molecule has 30 heavy (non-hydrogen) atoms. The van der Waals surface area contributed by atoms with Crippen molar-refractivity contribution in [1.29, 1.82) is 0 Å². The molecule has 0 spiro atoms. The average molecular weight is 418 g/mol. The number of rotatable bonds is 5. The molecule has 1 aromatic rings. The number of nitrogens with two attached hydrogens (primary N) is 1. The van der Waals surface area contributed by atoms with Gasteiger partial charge >= 0.3 is 6.09 Å². The molecule has 0 aliphatic carbocycles. The Morgan fingerprint density at radius 3 is 2.13 bits per heavy atom. The lowest BCUT2D eigenvalue weighted by Crippen LogP contribution is -2.43. The molecule has 0 saturated carbocycles. The van der Waals surface area contributed by atoms with Gasteiger partial charge in [0.25, 0.3) is 0 Å². The van der Waals surface area contributed by atoms with Crippen molar-refractivity contribution in [3.63, 3.8) is 0 Å². The Hall–Kier alpha value is -2.28. The van der Waals surface area contributed by atoms with Crippen molar-refractivity contribution < 1.29 is 19.1 Å². The number of hydrogen-bond acceptors (Lipinski definition) is 5. The van der Waals surface area contributed by atoms with Crippen LogP contribution in [0.4, 0.5) is 10.5 Å². The zero-order valence-corrected chi connectivity index (χ0v) is 18.4. The molecule has 0 unspecified atom stereocenters. The molecule has 0 bridgehead atoms. The maximum Gasteiger partial charge on any atom is 0.410 e. The van der Waals surface area contributed by atoms with Crippen LogP contribution in [0.5, 0.6) is 0 Å². The monoisotopic (exact) mass is 417 g/mol. The SMILES string of the molecule is CC(C)(C)OC(=O)N1CCC(COC2CCN(c3ccc(C(N)=O)cc3)CC2)CC1. The Bertz CT molecular complexity index is 713. The second kappa shape index (κ2) is 9.69. The molecule has 7 heteroatoms. The van der Waals surface area contributed by atoms with Gasteiger partial charge in [0, 0.05) is 44.0 Å².